The normalized spacial score (nSPS) is 11.4. The van der Waals surface area contributed by atoms with Gasteiger partial charge < -0.3 is 10.1 Å². The largest absolute Gasteiger partial charge is 0.392 e. The zero-order chi connectivity index (χ0) is 16.0. The zero-order valence-corrected chi connectivity index (χ0v) is 12.6. The summed E-state index contributed by atoms with van der Waals surface area (Å²) in [6, 6.07) is 13.3. The molecule has 2 aromatic carbocycles. The van der Waals surface area contributed by atoms with Crippen LogP contribution in [-0.2, 0) is 6.61 Å². The summed E-state index contributed by atoms with van der Waals surface area (Å²) in [5.74, 6) is 0. The van der Waals surface area contributed by atoms with E-state index < -0.39 is 0 Å². The molecule has 0 saturated heterocycles. The average molecular weight is 305 g/mol. The number of rotatable bonds is 2. The number of pyridine rings is 1. The van der Waals surface area contributed by atoms with Crippen molar-refractivity contribution in [3.63, 3.8) is 0 Å². The number of aryl methyl sites for hydroxylation is 1. The van der Waals surface area contributed by atoms with Gasteiger partial charge in [-0.3, -0.25) is 4.79 Å². The van der Waals surface area contributed by atoms with E-state index in [1.807, 2.05) is 49.4 Å². The smallest absolute Gasteiger partial charge is 0.282 e. The van der Waals surface area contributed by atoms with Gasteiger partial charge in [-0.2, -0.15) is 9.78 Å². The molecule has 4 rings (SSSR count). The number of H-pyrrole nitrogens is 1. The van der Waals surface area contributed by atoms with E-state index in [-0.39, 0.29) is 12.2 Å². The van der Waals surface area contributed by atoms with Gasteiger partial charge in [0, 0.05) is 17.1 Å². The lowest BCUT2D eigenvalue weighted by Gasteiger charge is -2.04. The molecule has 0 bridgehead atoms. The maximum atomic E-state index is 12.6. The standard InChI is InChI=1S/C18H15N3O2/c1-11-2-5-13(6-3-11)21-18(23)15-9-19-16-7-4-12(10-22)8-14(16)17(15)20-21/h2-9,19,22H,10H2,1H3. The van der Waals surface area contributed by atoms with Gasteiger partial charge in [-0.25, -0.2) is 0 Å². The van der Waals surface area contributed by atoms with Crippen LogP contribution in [0.1, 0.15) is 11.1 Å². The fraction of sp³-hybridized carbons (Fsp3) is 0.111. The van der Waals surface area contributed by atoms with E-state index in [4.69, 9.17) is 0 Å². The van der Waals surface area contributed by atoms with Crippen LogP contribution in [0.5, 0.6) is 0 Å². The molecule has 0 atom stereocenters. The van der Waals surface area contributed by atoms with E-state index in [0.717, 1.165) is 27.7 Å². The molecule has 2 aliphatic heterocycles. The molecular weight excluding hydrogens is 290 g/mol. The zero-order valence-electron chi connectivity index (χ0n) is 12.6. The second-order valence-electron chi connectivity index (χ2n) is 5.64. The molecule has 0 saturated carbocycles. The number of benzene rings is 2. The Morgan fingerprint density at radius 1 is 1.17 bits per heavy atom. The van der Waals surface area contributed by atoms with Gasteiger partial charge in [0.25, 0.3) is 5.56 Å². The first-order chi connectivity index (χ1) is 11.2. The van der Waals surface area contributed by atoms with Crippen molar-refractivity contribution in [2.45, 2.75) is 13.5 Å². The van der Waals surface area contributed by atoms with Crippen LogP contribution in [0.15, 0.2) is 53.5 Å². The van der Waals surface area contributed by atoms with E-state index >= 15 is 0 Å². The Morgan fingerprint density at radius 3 is 2.70 bits per heavy atom. The van der Waals surface area contributed by atoms with E-state index in [2.05, 4.69) is 10.1 Å². The molecule has 0 unspecified atom stereocenters. The molecule has 0 fully saturated rings. The highest BCUT2D eigenvalue weighted by molar-refractivity contribution is 5.93. The van der Waals surface area contributed by atoms with Gasteiger partial charge in [-0.15, -0.1) is 0 Å². The van der Waals surface area contributed by atoms with E-state index in [0.29, 0.717) is 11.3 Å². The van der Waals surface area contributed by atoms with Gasteiger partial charge in [-0.05, 0) is 36.8 Å². The molecule has 2 aromatic rings. The van der Waals surface area contributed by atoms with Crippen molar-refractivity contribution in [2.75, 3.05) is 0 Å². The van der Waals surface area contributed by atoms with Crippen LogP contribution in [0.2, 0.25) is 0 Å². The highest BCUT2D eigenvalue weighted by Crippen LogP contribution is 2.27. The second-order valence-corrected chi connectivity index (χ2v) is 5.64. The monoisotopic (exact) mass is 305 g/mol. The first kappa shape index (κ1) is 13.7. The number of fused-ring (bicyclic) bond motifs is 3. The molecule has 0 spiro atoms. The molecule has 2 N–H and O–H groups in total. The molecule has 2 aliphatic rings. The van der Waals surface area contributed by atoms with Crippen molar-refractivity contribution >= 4 is 10.9 Å². The van der Waals surface area contributed by atoms with Crippen molar-refractivity contribution in [3.05, 3.63) is 70.1 Å². The van der Waals surface area contributed by atoms with Crippen LogP contribution < -0.4 is 5.56 Å². The fourth-order valence-electron chi connectivity index (χ4n) is 2.77. The highest BCUT2D eigenvalue weighted by Gasteiger charge is 2.19. The minimum absolute atomic E-state index is 0.0464. The maximum absolute atomic E-state index is 12.6. The van der Waals surface area contributed by atoms with Gasteiger partial charge in [-0.1, -0.05) is 23.8 Å². The first-order valence-corrected chi connectivity index (χ1v) is 7.38. The first-order valence-electron chi connectivity index (χ1n) is 7.38. The Morgan fingerprint density at radius 2 is 1.96 bits per heavy atom. The number of nitrogens with zero attached hydrogens (tertiary/aromatic N) is 2. The summed E-state index contributed by atoms with van der Waals surface area (Å²) in [5, 5.41) is 14.7. The van der Waals surface area contributed by atoms with Crippen molar-refractivity contribution in [1.29, 1.82) is 0 Å². The number of aromatic amines is 1. The van der Waals surface area contributed by atoms with Crippen LogP contribution >= 0.6 is 0 Å². The van der Waals surface area contributed by atoms with Crippen molar-refractivity contribution < 1.29 is 5.11 Å². The van der Waals surface area contributed by atoms with E-state index in [1.54, 1.807) is 6.20 Å². The summed E-state index contributed by atoms with van der Waals surface area (Å²) in [4.78, 5) is 15.8. The number of hydrogen-bond acceptors (Lipinski definition) is 3. The highest BCUT2D eigenvalue weighted by atomic mass is 16.3. The predicted molar refractivity (Wildman–Crippen MR) is 89.0 cm³/mol. The number of aliphatic hydroxyl groups excluding tert-OH is 1. The number of aliphatic hydroxyl groups is 1. The van der Waals surface area contributed by atoms with Crippen molar-refractivity contribution in [1.82, 2.24) is 14.8 Å². The van der Waals surface area contributed by atoms with E-state index in [1.165, 1.54) is 4.68 Å². The summed E-state index contributed by atoms with van der Waals surface area (Å²) in [6.45, 7) is 1.95. The Bertz CT molecular complexity index is 1030. The third kappa shape index (κ3) is 2.13. The Labute approximate surface area is 132 Å². The van der Waals surface area contributed by atoms with Gasteiger partial charge in [0.05, 0.1) is 17.9 Å². The van der Waals surface area contributed by atoms with Crippen molar-refractivity contribution in [3.8, 4) is 16.9 Å². The molecule has 0 radical (unpaired) electrons. The molecule has 0 aromatic heterocycles. The molecule has 5 heteroatoms. The summed E-state index contributed by atoms with van der Waals surface area (Å²) in [6.07, 6.45) is 1.69. The maximum Gasteiger partial charge on any atom is 0.282 e. The van der Waals surface area contributed by atoms with E-state index in [9.17, 15) is 9.90 Å². The van der Waals surface area contributed by atoms with Crippen LogP contribution in [0.4, 0.5) is 0 Å². The summed E-state index contributed by atoms with van der Waals surface area (Å²) >= 11 is 0. The van der Waals surface area contributed by atoms with Gasteiger partial charge >= 0.3 is 0 Å². The van der Waals surface area contributed by atoms with Gasteiger partial charge in [0.15, 0.2) is 0 Å². The molecule has 5 nitrogen and oxygen atoms in total. The average Bonchev–Trinajstić information content (AvgIpc) is 2.92. The van der Waals surface area contributed by atoms with Crippen LogP contribution in [0, 0.1) is 6.92 Å². The number of hydrogen-bond donors (Lipinski definition) is 2. The summed E-state index contributed by atoms with van der Waals surface area (Å²) in [7, 11) is 0. The second kappa shape index (κ2) is 5.07. The molecular formula is C18H15N3O2. The topological polar surface area (TPSA) is 70.9 Å². The van der Waals surface area contributed by atoms with Gasteiger partial charge in [0.2, 0.25) is 0 Å². The minimum atomic E-state index is -0.156. The fourth-order valence-corrected chi connectivity index (χ4v) is 2.77. The Balaban J connectivity index is 2.02. The molecule has 0 amide bonds. The third-order valence-corrected chi connectivity index (χ3v) is 4.05. The van der Waals surface area contributed by atoms with Crippen molar-refractivity contribution in [2.24, 2.45) is 0 Å². The molecule has 0 aliphatic carbocycles. The van der Waals surface area contributed by atoms with Gasteiger partial charge in [0.1, 0.15) is 5.69 Å². The lowest BCUT2D eigenvalue weighted by Crippen LogP contribution is -2.14. The summed E-state index contributed by atoms with van der Waals surface area (Å²) in [5.41, 5.74) is 4.55. The summed E-state index contributed by atoms with van der Waals surface area (Å²) < 4.78 is 1.42. The molecule has 23 heavy (non-hydrogen) atoms. The van der Waals surface area contributed by atoms with Crippen LogP contribution in [0.3, 0.4) is 0 Å². The number of nitrogens with one attached hydrogen (secondary N) is 1. The SMILES string of the molecule is Cc1ccc(-n2nc3c4cc(CO)ccc4[nH]cc-3c2=O)cc1. The molecule has 114 valence electrons. The van der Waals surface area contributed by atoms with Crippen LogP contribution in [-0.4, -0.2) is 19.9 Å². The minimum Gasteiger partial charge on any atom is -0.392 e. The lowest BCUT2D eigenvalue weighted by atomic mass is 10.1. The quantitative estimate of drug-likeness (QED) is 0.598. The Kier molecular flexibility index (Phi) is 3.02. The van der Waals surface area contributed by atoms with Crippen LogP contribution in [0.25, 0.3) is 27.8 Å². The molecule has 2 heterocycles. The predicted octanol–water partition coefficient (Wildman–Crippen LogP) is 2.62. The third-order valence-electron chi connectivity index (χ3n) is 4.05. The lowest BCUT2D eigenvalue weighted by molar-refractivity contribution is 0.282. The number of aromatic nitrogens is 3. The Hall–Kier alpha value is -2.92.